The largest absolute Gasteiger partial charge is 0.392 e. The molecule has 0 aromatic carbocycles. The number of aliphatic hydroxyl groups is 1. The van der Waals surface area contributed by atoms with Gasteiger partial charge in [0.05, 0.1) is 6.10 Å². The quantitative estimate of drug-likeness (QED) is 0.552. The van der Waals surface area contributed by atoms with Crippen LogP contribution < -0.4 is 11.5 Å². The Balaban J connectivity index is 3.49. The second kappa shape index (κ2) is 6.40. The number of rotatable bonds is 6. The third-order valence-electron chi connectivity index (χ3n) is 2.32. The Morgan fingerprint density at radius 3 is 2.08 bits per heavy atom. The molecular formula is C9H22N2O. The lowest BCUT2D eigenvalue weighted by molar-refractivity contribution is 0.128. The zero-order valence-electron chi connectivity index (χ0n) is 8.16. The van der Waals surface area contributed by atoms with Gasteiger partial charge >= 0.3 is 0 Å². The van der Waals surface area contributed by atoms with Gasteiger partial charge in [0.1, 0.15) is 0 Å². The highest BCUT2D eigenvalue weighted by Gasteiger charge is 2.13. The molecule has 0 bridgehead atoms. The summed E-state index contributed by atoms with van der Waals surface area (Å²) in [4.78, 5) is 0. The Kier molecular flexibility index (Phi) is 6.34. The van der Waals surface area contributed by atoms with Gasteiger partial charge in [-0.25, -0.2) is 0 Å². The van der Waals surface area contributed by atoms with Gasteiger partial charge in [-0.2, -0.15) is 0 Å². The Labute approximate surface area is 75.1 Å². The van der Waals surface area contributed by atoms with Crippen molar-refractivity contribution in [2.45, 2.75) is 57.7 Å². The van der Waals surface area contributed by atoms with Crippen molar-refractivity contribution in [1.82, 2.24) is 0 Å². The van der Waals surface area contributed by atoms with E-state index in [1.807, 2.05) is 6.92 Å². The van der Waals surface area contributed by atoms with Crippen molar-refractivity contribution in [2.75, 3.05) is 0 Å². The summed E-state index contributed by atoms with van der Waals surface area (Å²) >= 11 is 0. The molecule has 0 aromatic heterocycles. The van der Waals surface area contributed by atoms with E-state index in [1.165, 1.54) is 0 Å². The minimum absolute atomic E-state index is 0.0888. The van der Waals surface area contributed by atoms with E-state index in [0.29, 0.717) is 0 Å². The molecule has 3 heteroatoms. The van der Waals surface area contributed by atoms with Crippen LogP contribution in [0.25, 0.3) is 0 Å². The fourth-order valence-corrected chi connectivity index (χ4v) is 1.08. The second-order valence-corrected chi connectivity index (χ2v) is 3.39. The normalized spacial score (nSPS) is 18.8. The van der Waals surface area contributed by atoms with Gasteiger partial charge in [-0.05, 0) is 25.7 Å². The van der Waals surface area contributed by atoms with Gasteiger partial charge in [0, 0.05) is 12.1 Å². The standard InChI is InChI=1S/C9H22N2O/c1-3-7(10)5-6-9(12)8(11)4-2/h7-9,12H,3-6,10-11H2,1-2H3. The molecule has 3 atom stereocenters. The van der Waals surface area contributed by atoms with Gasteiger partial charge in [-0.3, -0.25) is 0 Å². The number of aliphatic hydroxyl groups excluding tert-OH is 1. The van der Waals surface area contributed by atoms with Gasteiger partial charge in [0.25, 0.3) is 0 Å². The summed E-state index contributed by atoms with van der Waals surface area (Å²) < 4.78 is 0. The highest BCUT2D eigenvalue weighted by molar-refractivity contribution is 4.72. The summed E-state index contributed by atoms with van der Waals surface area (Å²) in [5.41, 5.74) is 11.4. The molecule has 0 fully saturated rings. The molecule has 0 aliphatic carbocycles. The highest BCUT2D eigenvalue weighted by atomic mass is 16.3. The fourth-order valence-electron chi connectivity index (χ4n) is 1.08. The molecule has 0 aliphatic rings. The van der Waals surface area contributed by atoms with Crippen molar-refractivity contribution in [2.24, 2.45) is 11.5 Å². The Morgan fingerprint density at radius 1 is 1.08 bits per heavy atom. The maximum Gasteiger partial charge on any atom is 0.0691 e. The molecule has 3 unspecified atom stereocenters. The Bertz CT molecular complexity index is 109. The van der Waals surface area contributed by atoms with E-state index in [-0.39, 0.29) is 18.2 Å². The number of hydrogen-bond acceptors (Lipinski definition) is 3. The zero-order valence-corrected chi connectivity index (χ0v) is 8.16. The monoisotopic (exact) mass is 174 g/mol. The predicted octanol–water partition coefficient (Wildman–Crippen LogP) is 0.602. The molecule has 74 valence electrons. The third-order valence-corrected chi connectivity index (χ3v) is 2.32. The second-order valence-electron chi connectivity index (χ2n) is 3.39. The van der Waals surface area contributed by atoms with Crippen LogP contribution in [0.15, 0.2) is 0 Å². The van der Waals surface area contributed by atoms with Crippen LogP contribution >= 0.6 is 0 Å². The summed E-state index contributed by atoms with van der Waals surface area (Å²) in [5.74, 6) is 0. The molecule has 0 rings (SSSR count). The summed E-state index contributed by atoms with van der Waals surface area (Å²) in [5, 5.41) is 9.48. The van der Waals surface area contributed by atoms with Crippen LogP contribution in [0, 0.1) is 0 Å². The summed E-state index contributed by atoms with van der Waals surface area (Å²) in [6, 6.07) is 0.123. The first kappa shape index (κ1) is 11.9. The lowest BCUT2D eigenvalue weighted by Crippen LogP contribution is -2.35. The average molecular weight is 174 g/mol. The molecular weight excluding hydrogens is 152 g/mol. The molecule has 0 spiro atoms. The first-order chi connectivity index (χ1) is 5.61. The molecule has 0 saturated carbocycles. The minimum Gasteiger partial charge on any atom is -0.392 e. The van der Waals surface area contributed by atoms with E-state index < -0.39 is 0 Å². The van der Waals surface area contributed by atoms with Crippen LogP contribution in [0.2, 0.25) is 0 Å². The molecule has 0 amide bonds. The molecule has 0 heterocycles. The summed E-state index contributed by atoms with van der Waals surface area (Å²) in [7, 11) is 0. The lowest BCUT2D eigenvalue weighted by Gasteiger charge is -2.18. The molecule has 0 saturated heterocycles. The first-order valence-electron chi connectivity index (χ1n) is 4.81. The molecule has 0 aliphatic heterocycles. The van der Waals surface area contributed by atoms with E-state index >= 15 is 0 Å². The van der Waals surface area contributed by atoms with Crippen molar-refractivity contribution in [3.8, 4) is 0 Å². The van der Waals surface area contributed by atoms with Crippen LogP contribution in [-0.2, 0) is 0 Å². The predicted molar refractivity (Wildman–Crippen MR) is 51.8 cm³/mol. The topological polar surface area (TPSA) is 72.3 Å². The van der Waals surface area contributed by atoms with Gasteiger partial charge in [0.2, 0.25) is 0 Å². The summed E-state index contributed by atoms with van der Waals surface area (Å²) in [6.07, 6.45) is 3.00. The lowest BCUT2D eigenvalue weighted by atomic mass is 10.0. The van der Waals surface area contributed by atoms with Crippen molar-refractivity contribution in [1.29, 1.82) is 0 Å². The smallest absolute Gasteiger partial charge is 0.0691 e. The number of nitrogens with two attached hydrogens (primary N) is 2. The third kappa shape index (κ3) is 4.70. The zero-order chi connectivity index (χ0) is 9.56. The molecule has 0 aromatic rings. The van der Waals surface area contributed by atoms with E-state index in [2.05, 4.69) is 6.92 Å². The Morgan fingerprint density at radius 2 is 1.67 bits per heavy atom. The molecule has 0 radical (unpaired) electrons. The maximum absolute atomic E-state index is 9.48. The minimum atomic E-state index is -0.382. The molecule has 3 nitrogen and oxygen atoms in total. The maximum atomic E-state index is 9.48. The van der Waals surface area contributed by atoms with Gasteiger partial charge in [-0.15, -0.1) is 0 Å². The first-order valence-corrected chi connectivity index (χ1v) is 4.81. The molecule has 5 N–H and O–H groups in total. The van der Waals surface area contributed by atoms with Crippen LogP contribution in [0.5, 0.6) is 0 Å². The van der Waals surface area contributed by atoms with Gasteiger partial charge < -0.3 is 16.6 Å². The van der Waals surface area contributed by atoms with E-state index in [0.717, 1.165) is 25.7 Å². The van der Waals surface area contributed by atoms with Crippen LogP contribution in [-0.4, -0.2) is 23.3 Å². The summed E-state index contributed by atoms with van der Waals surface area (Å²) in [6.45, 7) is 4.03. The SMILES string of the molecule is CCC(N)CCC(O)C(N)CC. The van der Waals surface area contributed by atoms with Crippen LogP contribution in [0.3, 0.4) is 0 Å². The van der Waals surface area contributed by atoms with Crippen molar-refractivity contribution >= 4 is 0 Å². The van der Waals surface area contributed by atoms with Gasteiger partial charge in [0.15, 0.2) is 0 Å². The fraction of sp³-hybridized carbons (Fsp3) is 1.00. The van der Waals surface area contributed by atoms with E-state index in [1.54, 1.807) is 0 Å². The van der Waals surface area contributed by atoms with E-state index in [9.17, 15) is 5.11 Å². The van der Waals surface area contributed by atoms with Crippen molar-refractivity contribution in [3.05, 3.63) is 0 Å². The highest BCUT2D eigenvalue weighted by Crippen LogP contribution is 2.06. The van der Waals surface area contributed by atoms with Crippen LogP contribution in [0.1, 0.15) is 39.5 Å². The van der Waals surface area contributed by atoms with Crippen molar-refractivity contribution in [3.63, 3.8) is 0 Å². The van der Waals surface area contributed by atoms with Crippen LogP contribution in [0.4, 0.5) is 0 Å². The van der Waals surface area contributed by atoms with Gasteiger partial charge in [-0.1, -0.05) is 13.8 Å². The number of hydrogen-bond donors (Lipinski definition) is 3. The van der Waals surface area contributed by atoms with E-state index in [4.69, 9.17) is 11.5 Å². The molecule has 12 heavy (non-hydrogen) atoms. The Hall–Kier alpha value is -0.120. The van der Waals surface area contributed by atoms with Crippen molar-refractivity contribution < 1.29 is 5.11 Å². The average Bonchev–Trinajstić information content (AvgIpc) is 2.11.